The molecule has 6 nitrogen and oxygen atoms in total. The van der Waals surface area contributed by atoms with Gasteiger partial charge in [-0.05, 0) is 38.5 Å². The van der Waals surface area contributed by atoms with Crippen molar-refractivity contribution in [1.82, 2.24) is 0 Å². The van der Waals surface area contributed by atoms with Gasteiger partial charge in [-0.25, -0.2) is 14.6 Å². The highest BCUT2D eigenvalue weighted by Gasteiger charge is 2.48. The SMILES string of the molecule is CCOC(=O)C1=NN(c2cccc(Cl)c2C)[C@@](C)(C(=O)O)C1. The van der Waals surface area contributed by atoms with E-state index in [1.54, 1.807) is 32.0 Å². The van der Waals surface area contributed by atoms with Gasteiger partial charge in [0.05, 0.1) is 12.3 Å². The highest BCUT2D eigenvalue weighted by molar-refractivity contribution is 6.38. The molecule has 118 valence electrons. The Morgan fingerprint density at radius 1 is 1.50 bits per heavy atom. The van der Waals surface area contributed by atoms with Gasteiger partial charge in [-0.3, -0.25) is 0 Å². The monoisotopic (exact) mass is 324 g/mol. The van der Waals surface area contributed by atoms with Crippen LogP contribution >= 0.6 is 11.6 Å². The number of esters is 1. The zero-order valence-corrected chi connectivity index (χ0v) is 13.3. The Kier molecular flexibility index (Phi) is 4.42. The number of carboxylic acids is 1. The summed E-state index contributed by atoms with van der Waals surface area (Å²) in [5.41, 5.74) is -0.0225. The van der Waals surface area contributed by atoms with Gasteiger partial charge in [0.2, 0.25) is 0 Å². The molecule has 1 N–H and O–H groups in total. The van der Waals surface area contributed by atoms with Crippen LogP contribution in [-0.4, -0.2) is 34.9 Å². The molecule has 0 spiro atoms. The molecular formula is C15H17ClN2O4. The van der Waals surface area contributed by atoms with Crippen LogP contribution in [0.3, 0.4) is 0 Å². The molecule has 0 saturated heterocycles. The van der Waals surface area contributed by atoms with E-state index in [9.17, 15) is 14.7 Å². The molecule has 0 radical (unpaired) electrons. The molecule has 1 aromatic rings. The topological polar surface area (TPSA) is 79.2 Å². The van der Waals surface area contributed by atoms with Gasteiger partial charge >= 0.3 is 11.9 Å². The summed E-state index contributed by atoms with van der Waals surface area (Å²) in [4.78, 5) is 23.6. The van der Waals surface area contributed by atoms with Crippen molar-refractivity contribution < 1.29 is 19.4 Å². The molecule has 0 unspecified atom stereocenters. The zero-order chi connectivity index (χ0) is 16.5. The van der Waals surface area contributed by atoms with E-state index in [1.807, 2.05) is 0 Å². The summed E-state index contributed by atoms with van der Waals surface area (Å²) in [7, 11) is 0. The Labute approximate surface area is 133 Å². The van der Waals surface area contributed by atoms with Crippen LogP contribution in [0.4, 0.5) is 5.69 Å². The molecule has 1 aliphatic heterocycles. The molecule has 0 aliphatic carbocycles. The maximum atomic E-state index is 11.9. The van der Waals surface area contributed by atoms with Crippen molar-refractivity contribution in [2.24, 2.45) is 5.10 Å². The second kappa shape index (κ2) is 5.96. The molecule has 1 aliphatic rings. The summed E-state index contributed by atoms with van der Waals surface area (Å²) in [5.74, 6) is -1.67. The lowest BCUT2D eigenvalue weighted by molar-refractivity contribution is -0.142. The van der Waals surface area contributed by atoms with Gasteiger partial charge in [-0.15, -0.1) is 0 Å². The molecule has 22 heavy (non-hydrogen) atoms. The summed E-state index contributed by atoms with van der Waals surface area (Å²) < 4.78 is 4.92. The molecule has 0 amide bonds. The largest absolute Gasteiger partial charge is 0.479 e. The highest BCUT2D eigenvalue weighted by Crippen LogP contribution is 2.37. The zero-order valence-electron chi connectivity index (χ0n) is 12.6. The normalized spacial score (nSPS) is 20.7. The van der Waals surface area contributed by atoms with Gasteiger partial charge in [0.25, 0.3) is 0 Å². The van der Waals surface area contributed by atoms with Crippen molar-refractivity contribution in [3.05, 3.63) is 28.8 Å². The van der Waals surface area contributed by atoms with Gasteiger partial charge < -0.3 is 9.84 Å². The summed E-state index contributed by atoms with van der Waals surface area (Å²) >= 11 is 6.10. The summed E-state index contributed by atoms with van der Waals surface area (Å²) in [6.07, 6.45) is -0.0346. The van der Waals surface area contributed by atoms with Gasteiger partial charge in [-0.2, -0.15) is 5.10 Å². The van der Waals surface area contributed by atoms with E-state index in [2.05, 4.69) is 5.10 Å². The number of hydrogen-bond donors (Lipinski definition) is 1. The minimum Gasteiger partial charge on any atom is -0.479 e. The number of nitrogens with zero attached hydrogens (tertiary/aromatic N) is 2. The number of ether oxygens (including phenoxy) is 1. The number of carbonyl (C=O) groups excluding carboxylic acids is 1. The van der Waals surface area contributed by atoms with Gasteiger partial charge in [0.1, 0.15) is 5.71 Å². The van der Waals surface area contributed by atoms with Gasteiger partial charge in [0, 0.05) is 11.4 Å². The molecule has 1 aromatic carbocycles. The van der Waals surface area contributed by atoms with Crippen molar-refractivity contribution >= 4 is 34.9 Å². The van der Waals surface area contributed by atoms with Crippen LogP contribution in [0.15, 0.2) is 23.3 Å². The smallest absolute Gasteiger partial charge is 0.354 e. The summed E-state index contributed by atoms with van der Waals surface area (Å²) in [5, 5.41) is 15.6. The molecule has 0 saturated carbocycles. The summed E-state index contributed by atoms with van der Waals surface area (Å²) in [6, 6.07) is 5.15. The molecule has 1 atom stereocenters. The van der Waals surface area contributed by atoms with E-state index >= 15 is 0 Å². The van der Waals surface area contributed by atoms with Crippen LogP contribution in [0.1, 0.15) is 25.8 Å². The lowest BCUT2D eigenvalue weighted by Crippen LogP contribution is -2.47. The van der Waals surface area contributed by atoms with Crippen LogP contribution in [0.25, 0.3) is 0 Å². The van der Waals surface area contributed by atoms with Gasteiger partial charge in [0.15, 0.2) is 5.54 Å². The Morgan fingerprint density at radius 2 is 2.18 bits per heavy atom. The predicted molar refractivity (Wildman–Crippen MR) is 83.4 cm³/mol. The fourth-order valence-electron chi connectivity index (χ4n) is 2.31. The first-order chi connectivity index (χ1) is 10.3. The minimum atomic E-state index is -1.36. The highest BCUT2D eigenvalue weighted by atomic mass is 35.5. The molecule has 1 heterocycles. The fraction of sp³-hybridized carbons (Fsp3) is 0.400. The van der Waals surface area contributed by atoms with Crippen LogP contribution in [-0.2, 0) is 14.3 Å². The van der Waals surface area contributed by atoms with E-state index in [1.165, 1.54) is 11.9 Å². The number of rotatable bonds is 4. The van der Waals surface area contributed by atoms with E-state index in [0.29, 0.717) is 16.3 Å². The third-order valence-electron chi connectivity index (χ3n) is 3.64. The average Bonchev–Trinajstić information content (AvgIpc) is 2.82. The van der Waals surface area contributed by atoms with E-state index in [-0.39, 0.29) is 18.7 Å². The first kappa shape index (κ1) is 16.3. The van der Waals surface area contributed by atoms with Crippen molar-refractivity contribution in [2.45, 2.75) is 32.7 Å². The van der Waals surface area contributed by atoms with E-state index in [4.69, 9.17) is 16.3 Å². The third-order valence-corrected chi connectivity index (χ3v) is 4.05. The maximum absolute atomic E-state index is 11.9. The second-order valence-electron chi connectivity index (χ2n) is 5.22. The fourth-order valence-corrected chi connectivity index (χ4v) is 2.48. The third kappa shape index (κ3) is 2.66. The standard InChI is InChI=1S/C15H17ClN2O4/c1-4-22-13(19)11-8-15(3,14(20)21)18(17-11)12-7-5-6-10(16)9(12)2/h5-7H,4,8H2,1-3H3,(H,20,21)/t15-/m1/s1. The molecular weight excluding hydrogens is 308 g/mol. The number of hydrazone groups is 1. The van der Waals surface area contributed by atoms with Crippen LogP contribution in [0.5, 0.6) is 0 Å². The van der Waals surface area contributed by atoms with Crippen LogP contribution in [0, 0.1) is 6.92 Å². The Balaban J connectivity index is 2.50. The van der Waals surface area contributed by atoms with Crippen LogP contribution < -0.4 is 5.01 Å². The lowest BCUT2D eigenvalue weighted by Gasteiger charge is -2.31. The number of halogens is 1. The number of benzene rings is 1. The number of carbonyl (C=O) groups is 2. The number of hydrogen-bond acceptors (Lipinski definition) is 5. The molecule has 0 fully saturated rings. The van der Waals surface area contributed by atoms with E-state index < -0.39 is 17.5 Å². The van der Waals surface area contributed by atoms with Crippen molar-refractivity contribution in [1.29, 1.82) is 0 Å². The van der Waals surface area contributed by atoms with Gasteiger partial charge in [-0.1, -0.05) is 17.7 Å². The number of anilines is 1. The predicted octanol–water partition coefficient (Wildman–Crippen LogP) is 2.62. The average molecular weight is 325 g/mol. The first-order valence-corrected chi connectivity index (χ1v) is 7.22. The Hall–Kier alpha value is -2.08. The molecule has 0 bridgehead atoms. The van der Waals surface area contributed by atoms with Crippen LogP contribution in [0.2, 0.25) is 5.02 Å². The molecule has 2 rings (SSSR count). The van der Waals surface area contributed by atoms with Crippen molar-refractivity contribution in [3.8, 4) is 0 Å². The Morgan fingerprint density at radius 3 is 2.77 bits per heavy atom. The number of carboxylic acid groups (broad SMARTS) is 1. The number of aliphatic carboxylic acids is 1. The second-order valence-corrected chi connectivity index (χ2v) is 5.63. The summed E-state index contributed by atoms with van der Waals surface area (Å²) in [6.45, 7) is 5.18. The van der Waals surface area contributed by atoms with Crippen molar-refractivity contribution in [2.75, 3.05) is 11.6 Å². The van der Waals surface area contributed by atoms with E-state index in [0.717, 1.165) is 0 Å². The molecule has 0 aromatic heterocycles. The maximum Gasteiger partial charge on any atom is 0.354 e. The minimum absolute atomic E-state index is 0.0346. The quantitative estimate of drug-likeness (QED) is 0.861. The Bertz CT molecular complexity index is 659. The molecule has 7 heteroatoms. The lowest BCUT2D eigenvalue weighted by atomic mass is 9.95. The van der Waals surface area contributed by atoms with Crippen molar-refractivity contribution in [3.63, 3.8) is 0 Å². The first-order valence-electron chi connectivity index (χ1n) is 6.84.